The van der Waals surface area contributed by atoms with E-state index in [2.05, 4.69) is 203 Å². The molecule has 11 aromatic carbocycles. The lowest BCUT2D eigenvalue weighted by Gasteiger charge is -2.09. The molecule has 0 saturated carbocycles. The zero-order valence-corrected chi connectivity index (χ0v) is 32.4. The van der Waals surface area contributed by atoms with Crippen LogP contribution in [0.4, 0.5) is 0 Å². The van der Waals surface area contributed by atoms with E-state index in [-0.39, 0.29) is 0 Å². The first-order valence-corrected chi connectivity index (χ1v) is 20.9. The van der Waals surface area contributed by atoms with Gasteiger partial charge >= 0.3 is 0 Å². The van der Waals surface area contributed by atoms with Gasteiger partial charge in [-0.1, -0.05) is 158 Å². The molecule has 15 aromatic rings. The fourth-order valence-corrected chi connectivity index (χ4v) is 11.3. The standard InChI is InChI=1S/C58H32N2/c1-3-11-39-33(9-1)17-19-35-29-37(21-23-41(35)39)43-25-27-45-49-31-54-50(32-53(49)59-51-15-7-5-13-47(51)55(43)57(45)59)46-28-26-44(56-48-14-6-8-16-52(48)60(54)58(46)56)38-22-24-42-36(30-38)20-18-34-10-2-4-12-40(34)42/h1-32H. The van der Waals surface area contributed by atoms with Crippen molar-refractivity contribution in [3.8, 4) is 22.3 Å². The lowest BCUT2D eigenvalue weighted by molar-refractivity contribution is 1.36. The molecule has 2 heteroatoms. The van der Waals surface area contributed by atoms with Gasteiger partial charge in [-0.15, -0.1) is 0 Å². The third-order valence-corrected chi connectivity index (χ3v) is 13.9. The number of benzene rings is 11. The van der Waals surface area contributed by atoms with E-state index in [0.29, 0.717) is 0 Å². The third kappa shape index (κ3) is 3.80. The van der Waals surface area contributed by atoms with Crippen LogP contribution in [0.1, 0.15) is 0 Å². The summed E-state index contributed by atoms with van der Waals surface area (Å²) < 4.78 is 5.09. The molecular formula is C58H32N2. The molecule has 0 bridgehead atoms. The Balaban J connectivity index is 1.00. The number of aromatic nitrogens is 2. The van der Waals surface area contributed by atoms with Gasteiger partial charge in [0.25, 0.3) is 0 Å². The number of fused-ring (bicyclic) bond motifs is 18. The predicted octanol–water partition coefficient (Wildman–Crippen LogP) is 15.9. The Morgan fingerprint density at radius 2 is 0.617 bits per heavy atom. The first-order valence-electron chi connectivity index (χ1n) is 20.9. The summed E-state index contributed by atoms with van der Waals surface area (Å²) >= 11 is 0. The van der Waals surface area contributed by atoms with Crippen LogP contribution in [0, 0.1) is 0 Å². The van der Waals surface area contributed by atoms with Gasteiger partial charge in [0.2, 0.25) is 0 Å². The number of nitrogens with zero attached hydrogens (tertiary/aromatic N) is 2. The van der Waals surface area contributed by atoms with Crippen LogP contribution in [-0.2, 0) is 0 Å². The molecule has 15 rings (SSSR count). The highest BCUT2D eigenvalue weighted by Gasteiger charge is 2.25. The molecule has 0 aliphatic heterocycles. The zero-order valence-electron chi connectivity index (χ0n) is 32.4. The van der Waals surface area contributed by atoms with Crippen LogP contribution in [0.2, 0.25) is 0 Å². The summed E-state index contributed by atoms with van der Waals surface area (Å²) in [4.78, 5) is 0. The van der Waals surface area contributed by atoms with Gasteiger partial charge in [-0.2, -0.15) is 0 Å². The Morgan fingerprint density at radius 1 is 0.233 bits per heavy atom. The maximum atomic E-state index is 2.55. The lowest BCUT2D eigenvalue weighted by Crippen LogP contribution is -1.83. The second-order valence-electron chi connectivity index (χ2n) is 16.8. The van der Waals surface area contributed by atoms with E-state index in [1.54, 1.807) is 0 Å². The molecule has 274 valence electrons. The molecule has 0 aliphatic rings. The molecule has 0 N–H and O–H groups in total. The van der Waals surface area contributed by atoms with Gasteiger partial charge in [0.15, 0.2) is 0 Å². The maximum Gasteiger partial charge on any atom is 0.0626 e. The molecule has 0 atom stereocenters. The third-order valence-electron chi connectivity index (χ3n) is 13.9. The van der Waals surface area contributed by atoms with Crippen molar-refractivity contribution in [2.75, 3.05) is 0 Å². The van der Waals surface area contributed by atoms with Crippen LogP contribution in [0.15, 0.2) is 194 Å². The molecule has 0 aliphatic carbocycles. The molecular weight excluding hydrogens is 725 g/mol. The van der Waals surface area contributed by atoms with Crippen molar-refractivity contribution in [2.45, 2.75) is 0 Å². The number of hydrogen-bond donors (Lipinski definition) is 0. The van der Waals surface area contributed by atoms with Gasteiger partial charge < -0.3 is 8.80 Å². The van der Waals surface area contributed by atoms with Crippen molar-refractivity contribution >= 4 is 119 Å². The average molecular weight is 757 g/mol. The monoisotopic (exact) mass is 756 g/mol. The fourth-order valence-electron chi connectivity index (χ4n) is 11.3. The van der Waals surface area contributed by atoms with Gasteiger partial charge in [-0.3, -0.25) is 0 Å². The molecule has 2 nitrogen and oxygen atoms in total. The first kappa shape index (κ1) is 31.1. The van der Waals surface area contributed by atoms with Gasteiger partial charge in [-0.25, -0.2) is 0 Å². The van der Waals surface area contributed by atoms with Crippen LogP contribution in [-0.4, -0.2) is 8.80 Å². The zero-order chi connectivity index (χ0) is 38.8. The van der Waals surface area contributed by atoms with Crippen molar-refractivity contribution in [3.63, 3.8) is 0 Å². The summed E-state index contributed by atoms with van der Waals surface area (Å²) in [5.41, 5.74) is 12.7. The van der Waals surface area contributed by atoms with Crippen molar-refractivity contribution in [2.24, 2.45) is 0 Å². The summed E-state index contributed by atoms with van der Waals surface area (Å²) in [7, 11) is 0. The first-order chi connectivity index (χ1) is 29.8. The average Bonchev–Trinajstić information content (AvgIpc) is 4.04. The molecule has 60 heavy (non-hydrogen) atoms. The lowest BCUT2D eigenvalue weighted by atomic mass is 9.93. The Morgan fingerprint density at radius 3 is 1.10 bits per heavy atom. The van der Waals surface area contributed by atoms with Crippen LogP contribution < -0.4 is 0 Å². The molecule has 4 aromatic heterocycles. The Hall–Kier alpha value is -7.94. The second kappa shape index (κ2) is 11.0. The predicted molar refractivity (Wildman–Crippen MR) is 257 cm³/mol. The number of hydrogen-bond acceptors (Lipinski definition) is 0. The molecule has 0 saturated heterocycles. The van der Waals surface area contributed by atoms with Crippen molar-refractivity contribution in [1.29, 1.82) is 0 Å². The maximum absolute atomic E-state index is 2.55. The molecule has 0 fully saturated rings. The normalized spacial score (nSPS) is 12.7. The quantitative estimate of drug-likeness (QED) is 0.155. The smallest absolute Gasteiger partial charge is 0.0626 e. The van der Waals surface area contributed by atoms with E-state index in [9.17, 15) is 0 Å². The summed E-state index contributed by atoms with van der Waals surface area (Å²) in [5, 5.41) is 20.7. The Labute approximate surface area is 343 Å². The van der Waals surface area contributed by atoms with E-state index in [0.717, 1.165) is 0 Å². The fraction of sp³-hybridized carbons (Fsp3) is 0. The van der Waals surface area contributed by atoms with Crippen molar-refractivity contribution in [3.05, 3.63) is 194 Å². The Kier molecular flexibility index (Phi) is 5.68. The molecule has 4 heterocycles. The highest BCUT2D eigenvalue weighted by Crippen LogP contribution is 2.49. The molecule has 0 unspecified atom stereocenters. The van der Waals surface area contributed by atoms with E-state index >= 15 is 0 Å². The van der Waals surface area contributed by atoms with Gasteiger partial charge in [0.1, 0.15) is 0 Å². The highest BCUT2D eigenvalue weighted by atomic mass is 14.9. The summed E-state index contributed by atoms with van der Waals surface area (Å²) in [6.45, 7) is 0. The van der Waals surface area contributed by atoms with E-state index in [1.807, 2.05) is 0 Å². The molecule has 0 radical (unpaired) electrons. The number of para-hydroxylation sites is 2. The van der Waals surface area contributed by atoms with E-state index < -0.39 is 0 Å². The van der Waals surface area contributed by atoms with E-state index in [1.165, 1.54) is 142 Å². The minimum atomic E-state index is 1.25. The SMILES string of the molecule is c1ccc2c(c1)ccc1cc(-c3ccc4c5cc6c(cc5n5c7ccccc7c3c45)c3ccc(-c4ccc5c(ccc7ccccc75)c4)c4c5ccccc5n6c34)ccc12. The molecule has 0 amide bonds. The van der Waals surface area contributed by atoms with Crippen molar-refractivity contribution in [1.82, 2.24) is 8.80 Å². The van der Waals surface area contributed by atoms with Gasteiger partial charge in [0, 0.05) is 43.1 Å². The van der Waals surface area contributed by atoms with Crippen LogP contribution in [0.25, 0.3) is 142 Å². The minimum absolute atomic E-state index is 1.25. The van der Waals surface area contributed by atoms with Crippen LogP contribution in [0.5, 0.6) is 0 Å². The highest BCUT2D eigenvalue weighted by molar-refractivity contribution is 6.32. The molecule has 0 spiro atoms. The Bertz CT molecular complexity index is 4070. The largest absolute Gasteiger partial charge is 0.308 e. The second-order valence-corrected chi connectivity index (χ2v) is 16.8. The van der Waals surface area contributed by atoms with Crippen LogP contribution in [0.3, 0.4) is 0 Å². The van der Waals surface area contributed by atoms with Gasteiger partial charge in [-0.05, 0) is 102 Å². The van der Waals surface area contributed by atoms with Crippen molar-refractivity contribution < 1.29 is 0 Å². The number of rotatable bonds is 2. The van der Waals surface area contributed by atoms with Crippen LogP contribution >= 0.6 is 0 Å². The van der Waals surface area contributed by atoms with Gasteiger partial charge in [0.05, 0.1) is 33.1 Å². The topological polar surface area (TPSA) is 8.82 Å². The summed E-state index contributed by atoms with van der Waals surface area (Å²) in [6, 6.07) is 72.9. The summed E-state index contributed by atoms with van der Waals surface area (Å²) in [5.74, 6) is 0. The van der Waals surface area contributed by atoms with E-state index in [4.69, 9.17) is 0 Å². The minimum Gasteiger partial charge on any atom is -0.308 e. The summed E-state index contributed by atoms with van der Waals surface area (Å²) in [6.07, 6.45) is 0.